The van der Waals surface area contributed by atoms with E-state index >= 15 is 0 Å². The average molecular weight is 775 g/mol. The highest BCUT2D eigenvalue weighted by Crippen LogP contribution is 2.32. The van der Waals surface area contributed by atoms with Crippen LogP contribution in [0.15, 0.2) is 84.9 Å². The summed E-state index contributed by atoms with van der Waals surface area (Å²) in [4.78, 5) is 24.5. The molecule has 2 aliphatic rings. The molecule has 0 bridgehead atoms. The van der Waals surface area contributed by atoms with E-state index in [-0.39, 0.29) is 36.5 Å². The maximum atomic E-state index is 11.3. The third kappa shape index (κ3) is 16.4. The molecule has 9 nitrogen and oxygen atoms in total. The lowest BCUT2D eigenvalue weighted by molar-refractivity contribution is -0.135. The first kappa shape index (κ1) is 45.3. The summed E-state index contributed by atoms with van der Waals surface area (Å²) in [5, 5.41) is 3.46. The quantitative estimate of drug-likeness (QED) is 0.0867. The first-order valence-electron chi connectivity index (χ1n) is 17.6. The number of nitrogens with zero attached hydrogens (tertiary/aromatic N) is 1. The summed E-state index contributed by atoms with van der Waals surface area (Å²) in [5.41, 5.74) is 5.69. The molecule has 2 heterocycles. The first-order valence-corrected chi connectivity index (χ1v) is 19.2. The van der Waals surface area contributed by atoms with Crippen LogP contribution in [0.25, 0.3) is 12.2 Å². The largest absolute Gasteiger partial charge is 0.466 e. The number of likely N-dealkylation sites (tertiary alicyclic amines) is 1. The summed E-state index contributed by atoms with van der Waals surface area (Å²) in [6, 6.07) is 24.4. The first-order chi connectivity index (χ1) is 25.6. The molecule has 0 amide bonds. The van der Waals surface area contributed by atoms with Gasteiger partial charge in [0, 0.05) is 43.6 Å². The Morgan fingerprint density at radius 2 is 1.37 bits per heavy atom. The molecule has 0 radical (unpaired) electrons. The van der Waals surface area contributed by atoms with Gasteiger partial charge in [-0.2, -0.15) is 8.42 Å². The second-order valence-electron chi connectivity index (χ2n) is 12.5. The zero-order valence-corrected chi connectivity index (χ0v) is 32.9. The zero-order valence-electron chi connectivity index (χ0n) is 31.2. The number of hydrogen-bond acceptors (Lipinski definition) is 9. The van der Waals surface area contributed by atoms with Gasteiger partial charge in [0.25, 0.3) is 0 Å². The van der Waals surface area contributed by atoms with Gasteiger partial charge >= 0.3 is 22.1 Å². The van der Waals surface area contributed by atoms with Crippen molar-refractivity contribution in [3.63, 3.8) is 0 Å². The number of aryl methyl sites for hydroxylation is 1. The van der Waals surface area contributed by atoms with Crippen molar-refractivity contribution in [3.8, 4) is 30.4 Å². The topological polar surface area (TPSA) is 111 Å². The molecule has 288 valence electrons. The van der Waals surface area contributed by atoms with Crippen LogP contribution in [0.1, 0.15) is 78.4 Å². The van der Waals surface area contributed by atoms with Crippen LogP contribution >= 0.6 is 12.4 Å². The summed E-state index contributed by atoms with van der Waals surface area (Å²) in [6.45, 7) is 5.10. The molecule has 2 aliphatic heterocycles. The monoisotopic (exact) mass is 774 g/mol. The van der Waals surface area contributed by atoms with Gasteiger partial charge in [0.15, 0.2) is 0 Å². The molecular formula is C43H51ClN2O7S. The Morgan fingerprint density at radius 1 is 0.815 bits per heavy atom. The molecule has 5 rings (SSSR count). The lowest BCUT2D eigenvalue weighted by Gasteiger charge is -2.24. The summed E-state index contributed by atoms with van der Waals surface area (Å²) in [6.07, 6.45) is 22.5. The number of hydrogen-bond donors (Lipinski definition) is 1. The Hall–Kier alpha value is -4.84. The second-order valence-corrected chi connectivity index (χ2v) is 14.1. The van der Waals surface area contributed by atoms with Crippen LogP contribution in [0.4, 0.5) is 0 Å². The van der Waals surface area contributed by atoms with Gasteiger partial charge < -0.3 is 19.0 Å². The number of carbonyl (C=O) groups is 2. The number of methoxy groups -OCH3 is 2. The molecule has 3 aromatic carbocycles. The fourth-order valence-corrected chi connectivity index (χ4v) is 6.60. The third-order valence-corrected chi connectivity index (χ3v) is 9.74. The maximum Gasteiger partial charge on any atom is 0.330 e. The van der Waals surface area contributed by atoms with Gasteiger partial charge in [-0.15, -0.1) is 37.1 Å². The van der Waals surface area contributed by atoms with Crippen molar-refractivity contribution in [3.05, 3.63) is 113 Å². The molecule has 2 unspecified atom stereocenters. The van der Waals surface area contributed by atoms with Gasteiger partial charge in [0.2, 0.25) is 0 Å². The van der Waals surface area contributed by atoms with Crippen molar-refractivity contribution < 1.29 is 31.7 Å². The normalized spacial score (nSPS) is 16.5. The molecule has 2 atom stereocenters. The molecule has 11 heteroatoms. The zero-order chi connectivity index (χ0) is 38.5. The fourth-order valence-electron chi connectivity index (χ4n) is 5.75. The van der Waals surface area contributed by atoms with Gasteiger partial charge in [0.1, 0.15) is 5.75 Å². The summed E-state index contributed by atoms with van der Waals surface area (Å²) in [7, 11) is -0.800. The SMILES string of the molecule is C#CCCN1CCCC1c1ccc(/C=C/C(=O)OC)cc1.C#CCCS(=O)(=O)Oc1ccc(C)cc1.COC(=O)/C=C/c1ccc(C2CCCN2)cc1.Cl. The standard InChI is InChI=1S/C18H21NO2.C14H17NO2.C11H12O3S.ClH/c1-3-4-13-19-14-5-6-17(19)16-10-7-15(8-11-16)9-12-18(20)21-2;1-17-14(16)9-6-11-4-7-12(8-5-11)13-3-2-10-15-13;1-3-4-9-15(12,13)14-11-7-5-10(2)6-8-11;/h1,7-12,17H,4-6,13-14H2,2H3;4-9,13,15H,2-3,10H2,1H3;1,5-8H,4,9H2,2H3;1H/b12-9+;9-6+;;. The van der Waals surface area contributed by atoms with E-state index < -0.39 is 10.1 Å². The van der Waals surface area contributed by atoms with Crippen LogP contribution in [0.3, 0.4) is 0 Å². The van der Waals surface area contributed by atoms with Crippen LogP contribution in [0, 0.1) is 31.6 Å². The van der Waals surface area contributed by atoms with Crippen LogP contribution in [-0.4, -0.2) is 64.9 Å². The van der Waals surface area contributed by atoms with Crippen molar-refractivity contribution >= 4 is 46.6 Å². The van der Waals surface area contributed by atoms with Crippen molar-refractivity contribution in [1.82, 2.24) is 10.2 Å². The van der Waals surface area contributed by atoms with E-state index in [0.717, 1.165) is 42.7 Å². The molecule has 3 aromatic rings. The van der Waals surface area contributed by atoms with Crippen molar-refractivity contribution in [1.29, 1.82) is 0 Å². The molecule has 54 heavy (non-hydrogen) atoms. The molecule has 1 N–H and O–H groups in total. The van der Waals surface area contributed by atoms with E-state index in [1.807, 2.05) is 31.2 Å². The molecule has 0 saturated carbocycles. The van der Waals surface area contributed by atoms with Crippen molar-refractivity contribution in [2.24, 2.45) is 0 Å². The summed E-state index contributed by atoms with van der Waals surface area (Å²) in [5.74, 6) is 4.47. The van der Waals surface area contributed by atoms with Gasteiger partial charge in [-0.3, -0.25) is 4.90 Å². The van der Waals surface area contributed by atoms with Crippen LogP contribution in [0.5, 0.6) is 5.75 Å². The summed E-state index contributed by atoms with van der Waals surface area (Å²) < 4.78 is 36.6. The second kappa shape index (κ2) is 24.5. The Bertz CT molecular complexity index is 1840. The minimum atomic E-state index is -3.55. The Kier molecular flexibility index (Phi) is 20.5. The number of halogens is 1. The smallest absolute Gasteiger partial charge is 0.330 e. The van der Waals surface area contributed by atoms with Crippen LogP contribution in [0.2, 0.25) is 0 Å². The van der Waals surface area contributed by atoms with E-state index in [4.69, 9.17) is 17.0 Å². The Labute approximate surface area is 327 Å². The Morgan fingerprint density at radius 3 is 1.87 bits per heavy atom. The molecule has 2 fully saturated rings. The van der Waals surface area contributed by atoms with Gasteiger partial charge in [-0.05, 0) is 92.2 Å². The van der Waals surface area contributed by atoms with Crippen molar-refractivity contribution in [2.75, 3.05) is 39.6 Å². The number of carbonyl (C=O) groups excluding carboxylic acids is 2. The molecule has 0 spiro atoms. The highest BCUT2D eigenvalue weighted by molar-refractivity contribution is 7.87. The molecule has 2 saturated heterocycles. The third-order valence-electron chi connectivity index (χ3n) is 8.59. The molecular weight excluding hydrogens is 724 g/mol. The van der Waals surface area contributed by atoms with E-state index in [9.17, 15) is 18.0 Å². The van der Waals surface area contributed by atoms with Gasteiger partial charge in [-0.1, -0.05) is 66.2 Å². The number of nitrogens with one attached hydrogen (secondary N) is 1. The predicted molar refractivity (Wildman–Crippen MR) is 218 cm³/mol. The molecule has 0 aliphatic carbocycles. The van der Waals surface area contributed by atoms with E-state index in [1.165, 1.54) is 63.2 Å². The number of ether oxygens (including phenoxy) is 2. The average Bonchev–Trinajstić information content (AvgIpc) is 3.89. The highest BCUT2D eigenvalue weighted by Gasteiger charge is 2.25. The maximum absolute atomic E-state index is 11.3. The predicted octanol–water partition coefficient (Wildman–Crippen LogP) is 7.48. The fraction of sp³-hybridized carbons (Fsp3) is 0.349. The van der Waals surface area contributed by atoms with Gasteiger partial charge in [-0.25, -0.2) is 9.59 Å². The lowest BCUT2D eigenvalue weighted by atomic mass is 10.0. The van der Waals surface area contributed by atoms with Crippen LogP contribution in [-0.2, 0) is 29.2 Å². The van der Waals surface area contributed by atoms with Gasteiger partial charge in [0.05, 0.1) is 20.0 Å². The van der Waals surface area contributed by atoms with E-state index in [2.05, 4.69) is 55.8 Å². The number of benzene rings is 3. The number of terminal acetylenes is 2. The van der Waals surface area contributed by atoms with E-state index in [0.29, 0.717) is 17.8 Å². The van der Waals surface area contributed by atoms with Crippen molar-refractivity contribution in [2.45, 2.75) is 57.5 Å². The van der Waals surface area contributed by atoms with E-state index in [1.54, 1.807) is 36.4 Å². The number of esters is 2. The minimum absolute atomic E-state index is 0. The lowest BCUT2D eigenvalue weighted by Crippen LogP contribution is -2.24. The molecule has 0 aromatic heterocycles. The number of rotatable bonds is 12. The summed E-state index contributed by atoms with van der Waals surface area (Å²) >= 11 is 0. The Balaban J connectivity index is 0.000000282. The van der Waals surface area contributed by atoms with Crippen LogP contribution < -0.4 is 9.50 Å². The minimum Gasteiger partial charge on any atom is -0.466 e. The highest BCUT2D eigenvalue weighted by atomic mass is 35.5.